The van der Waals surface area contributed by atoms with Crippen molar-refractivity contribution in [3.63, 3.8) is 0 Å². The molecule has 0 saturated carbocycles. The number of piperidine rings is 1. The van der Waals surface area contributed by atoms with E-state index in [9.17, 15) is 9.59 Å². The predicted molar refractivity (Wildman–Crippen MR) is 84.0 cm³/mol. The lowest BCUT2D eigenvalue weighted by molar-refractivity contribution is -0.0427. The number of ether oxygens (including phenoxy) is 1. The highest BCUT2D eigenvalue weighted by molar-refractivity contribution is 5.68. The molecule has 0 bridgehead atoms. The van der Waals surface area contributed by atoms with Gasteiger partial charge in [-0.2, -0.15) is 0 Å². The standard InChI is InChI=1S/C16H24N2O5/c1-16(2,3)23-15(22)17-7-5-12(6-8-17)18-9-4-11(14(20)21)10-13(18)19/h4,9-10,12,14,20-21H,5-8H2,1-3H3. The topological polar surface area (TPSA) is 92.0 Å². The Labute approximate surface area is 135 Å². The third-order valence-corrected chi connectivity index (χ3v) is 3.78. The number of nitrogens with zero attached hydrogens (tertiary/aromatic N) is 2. The first-order chi connectivity index (χ1) is 10.7. The highest BCUT2D eigenvalue weighted by Gasteiger charge is 2.27. The summed E-state index contributed by atoms with van der Waals surface area (Å²) in [5.41, 5.74) is -0.616. The van der Waals surface area contributed by atoms with Crippen LogP contribution in [0, 0.1) is 0 Å². The highest BCUT2D eigenvalue weighted by Crippen LogP contribution is 2.23. The van der Waals surface area contributed by atoms with Crippen molar-refractivity contribution in [1.29, 1.82) is 0 Å². The first-order valence-electron chi connectivity index (χ1n) is 7.73. The maximum Gasteiger partial charge on any atom is 0.410 e. The molecule has 0 unspecified atom stereocenters. The number of hydrogen-bond acceptors (Lipinski definition) is 5. The van der Waals surface area contributed by atoms with Crippen LogP contribution in [0.2, 0.25) is 0 Å². The van der Waals surface area contributed by atoms with E-state index in [4.69, 9.17) is 14.9 Å². The zero-order chi connectivity index (χ0) is 17.2. The summed E-state index contributed by atoms with van der Waals surface area (Å²) in [5, 5.41) is 18.2. The molecule has 1 fully saturated rings. The Kier molecular flexibility index (Phi) is 5.11. The maximum absolute atomic E-state index is 12.1. The second-order valence-corrected chi connectivity index (χ2v) is 6.78. The summed E-state index contributed by atoms with van der Waals surface area (Å²) in [7, 11) is 0. The maximum atomic E-state index is 12.1. The summed E-state index contributed by atoms with van der Waals surface area (Å²) in [5.74, 6) is 0. The molecule has 0 aliphatic carbocycles. The normalized spacial score (nSPS) is 16.7. The van der Waals surface area contributed by atoms with E-state index in [0.717, 1.165) is 0 Å². The monoisotopic (exact) mass is 324 g/mol. The molecule has 7 nitrogen and oxygen atoms in total. The van der Waals surface area contributed by atoms with Gasteiger partial charge in [0.1, 0.15) is 5.60 Å². The van der Waals surface area contributed by atoms with Crippen LogP contribution in [0.5, 0.6) is 0 Å². The molecule has 1 aromatic rings. The van der Waals surface area contributed by atoms with Crippen LogP contribution in [-0.2, 0) is 4.74 Å². The highest BCUT2D eigenvalue weighted by atomic mass is 16.6. The Hall–Kier alpha value is -1.86. The molecule has 0 aromatic carbocycles. The number of pyridine rings is 1. The fourth-order valence-electron chi connectivity index (χ4n) is 2.62. The van der Waals surface area contributed by atoms with Crippen LogP contribution in [0.4, 0.5) is 4.79 Å². The molecule has 2 N–H and O–H groups in total. The summed E-state index contributed by atoms with van der Waals surface area (Å²) in [6, 6.07) is 2.74. The summed E-state index contributed by atoms with van der Waals surface area (Å²) in [6.45, 7) is 6.53. The van der Waals surface area contributed by atoms with Crippen LogP contribution in [0.1, 0.15) is 51.5 Å². The second-order valence-electron chi connectivity index (χ2n) is 6.78. The van der Waals surface area contributed by atoms with Crippen LogP contribution in [0.25, 0.3) is 0 Å². The minimum absolute atomic E-state index is 0.00827. The van der Waals surface area contributed by atoms with Gasteiger partial charge in [-0.05, 0) is 39.7 Å². The van der Waals surface area contributed by atoms with E-state index in [2.05, 4.69) is 0 Å². The number of aliphatic hydroxyl groups excluding tert-OH is 1. The molecule has 0 radical (unpaired) electrons. The number of amides is 1. The van der Waals surface area contributed by atoms with Crippen molar-refractivity contribution < 1.29 is 19.7 Å². The van der Waals surface area contributed by atoms with Crippen LogP contribution < -0.4 is 5.56 Å². The summed E-state index contributed by atoms with van der Waals surface area (Å²) >= 11 is 0. The van der Waals surface area contributed by atoms with E-state index < -0.39 is 11.9 Å². The van der Waals surface area contributed by atoms with Gasteiger partial charge in [0.25, 0.3) is 5.56 Å². The third-order valence-electron chi connectivity index (χ3n) is 3.78. The molecule has 2 rings (SSSR count). The lowest BCUT2D eigenvalue weighted by Gasteiger charge is -2.34. The van der Waals surface area contributed by atoms with Gasteiger partial charge in [0.05, 0.1) is 0 Å². The van der Waals surface area contributed by atoms with Gasteiger partial charge in [-0.25, -0.2) is 4.79 Å². The third kappa shape index (κ3) is 4.56. The molecule has 7 heteroatoms. The molecule has 0 atom stereocenters. The van der Waals surface area contributed by atoms with E-state index in [1.165, 1.54) is 12.1 Å². The first kappa shape index (κ1) is 17.5. The van der Waals surface area contributed by atoms with Crippen molar-refractivity contribution in [3.05, 3.63) is 34.2 Å². The van der Waals surface area contributed by atoms with E-state index >= 15 is 0 Å². The first-order valence-corrected chi connectivity index (χ1v) is 7.73. The van der Waals surface area contributed by atoms with Crippen molar-refractivity contribution >= 4 is 6.09 Å². The molecule has 128 valence electrons. The van der Waals surface area contributed by atoms with E-state index in [1.807, 2.05) is 20.8 Å². The van der Waals surface area contributed by atoms with Gasteiger partial charge in [0, 0.05) is 37.0 Å². The van der Waals surface area contributed by atoms with Gasteiger partial charge < -0.3 is 24.4 Å². The van der Waals surface area contributed by atoms with Crippen molar-refractivity contribution in [1.82, 2.24) is 9.47 Å². The second kappa shape index (κ2) is 6.72. The summed E-state index contributed by atoms with van der Waals surface area (Å²) < 4.78 is 6.93. The Morgan fingerprint density at radius 1 is 1.30 bits per heavy atom. The average molecular weight is 324 g/mol. The van der Waals surface area contributed by atoms with E-state index in [-0.39, 0.29) is 23.3 Å². The van der Waals surface area contributed by atoms with Gasteiger partial charge in [0.2, 0.25) is 0 Å². The Balaban J connectivity index is 1.99. The zero-order valence-corrected chi connectivity index (χ0v) is 13.7. The summed E-state index contributed by atoms with van der Waals surface area (Å²) in [6.07, 6.45) is 0.902. The molecule has 0 spiro atoms. The number of likely N-dealkylation sites (tertiary alicyclic amines) is 1. The largest absolute Gasteiger partial charge is 0.444 e. The molecular weight excluding hydrogens is 300 g/mol. The fraction of sp³-hybridized carbons (Fsp3) is 0.625. The smallest absolute Gasteiger partial charge is 0.410 e. The quantitative estimate of drug-likeness (QED) is 0.802. The van der Waals surface area contributed by atoms with Crippen molar-refractivity contribution in [2.24, 2.45) is 0 Å². The number of carbonyl (C=O) groups is 1. The number of rotatable bonds is 2. The lowest BCUT2D eigenvalue weighted by atomic mass is 10.0. The minimum atomic E-state index is -1.65. The van der Waals surface area contributed by atoms with Crippen molar-refractivity contribution in [2.75, 3.05) is 13.1 Å². The fourth-order valence-corrected chi connectivity index (χ4v) is 2.62. The predicted octanol–water partition coefficient (Wildman–Crippen LogP) is 1.40. The van der Waals surface area contributed by atoms with Gasteiger partial charge in [-0.3, -0.25) is 4.79 Å². The molecule has 1 amide bonds. The number of carbonyl (C=O) groups excluding carboxylic acids is 1. The Bertz CT molecular complexity index is 610. The minimum Gasteiger partial charge on any atom is -0.444 e. The van der Waals surface area contributed by atoms with E-state index in [0.29, 0.717) is 25.9 Å². The van der Waals surface area contributed by atoms with Gasteiger partial charge in [-0.15, -0.1) is 0 Å². The number of hydrogen-bond donors (Lipinski definition) is 2. The van der Waals surface area contributed by atoms with Crippen LogP contribution in [-0.4, -0.2) is 44.5 Å². The van der Waals surface area contributed by atoms with Gasteiger partial charge >= 0.3 is 6.09 Å². The Morgan fingerprint density at radius 2 is 1.91 bits per heavy atom. The summed E-state index contributed by atoms with van der Waals surface area (Å²) in [4.78, 5) is 25.8. The molecule has 1 saturated heterocycles. The van der Waals surface area contributed by atoms with Crippen molar-refractivity contribution in [3.8, 4) is 0 Å². The molecular formula is C16H24N2O5. The number of aromatic nitrogens is 1. The average Bonchev–Trinajstić information content (AvgIpc) is 2.45. The van der Waals surface area contributed by atoms with Crippen molar-refractivity contribution in [2.45, 2.75) is 51.5 Å². The Morgan fingerprint density at radius 3 is 2.39 bits per heavy atom. The molecule has 2 heterocycles. The van der Waals surface area contributed by atoms with Gasteiger partial charge in [0.15, 0.2) is 6.29 Å². The molecule has 1 aromatic heterocycles. The lowest BCUT2D eigenvalue weighted by Crippen LogP contribution is -2.43. The van der Waals surface area contributed by atoms with Gasteiger partial charge in [-0.1, -0.05) is 0 Å². The van der Waals surface area contributed by atoms with E-state index in [1.54, 1.807) is 15.7 Å². The SMILES string of the molecule is CC(C)(C)OC(=O)N1CCC(n2ccc(C(O)O)cc2=O)CC1. The van der Waals surface area contributed by atoms with Crippen LogP contribution in [0.15, 0.2) is 23.1 Å². The van der Waals surface area contributed by atoms with Crippen LogP contribution >= 0.6 is 0 Å². The molecule has 1 aliphatic rings. The zero-order valence-electron chi connectivity index (χ0n) is 13.7. The molecule has 1 aliphatic heterocycles. The number of aliphatic hydroxyl groups is 2. The van der Waals surface area contributed by atoms with Crippen LogP contribution in [0.3, 0.4) is 0 Å². The molecule has 23 heavy (non-hydrogen) atoms.